The maximum Gasteiger partial charge on any atom is 0.244 e. The second-order valence-electron chi connectivity index (χ2n) is 20.8. The lowest BCUT2D eigenvalue weighted by Gasteiger charge is -2.07. The van der Waals surface area contributed by atoms with Gasteiger partial charge in [0.25, 0.3) is 0 Å². The van der Waals surface area contributed by atoms with Crippen LogP contribution in [0, 0.1) is 0 Å². The number of aryl methyl sites for hydroxylation is 2. The van der Waals surface area contributed by atoms with Crippen LogP contribution >= 0.6 is 23.5 Å². The van der Waals surface area contributed by atoms with E-state index in [0.717, 1.165) is 31.9 Å². The number of nitrogens with zero attached hydrogens (tertiary/aromatic N) is 4. The summed E-state index contributed by atoms with van der Waals surface area (Å²) >= 11 is 4.41. The molecule has 0 spiro atoms. The molecule has 0 amide bonds. The largest absolute Gasteiger partial charge is 0.497 e. The van der Waals surface area contributed by atoms with Crippen molar-refractivity contribution in [3.63, 3.8) is 0 Å². The van der Waals surface area contributed by atoms with Gasteiger partial charge in [-0.2, -0.15) is 23.5 Å². The molecule has 2 heterocycles. The number of unbranched alkanes of at least 4 members (excludes halogenated alkanes) is 34. The SMILES string of the molecule is CCCCCCCCCCCCSCCCCCCCCCCCn1cc[n+](Cc2cc(C[n+]3ccn(CCCCCCCCCCCSCCCCCCCCCCCC)c3)cc(OC)c2)c1. The number of ether oxygens (including phenoxy) is 1. The van der Waals surface area contributed by atoms with E-state index in [0.29, 0.717) is 0 Å². The van der Waals surface area contributed by atoms with Crippen LogP contribution in [0.3, 0.4) is 0 Å². The zero-order chi connectivity index (χ0) is 48.1. The summed E-state index contributed by atoms with van der Waals surface area (Å²) in [5, 5.41) is 0. The van der Waals surface area contributed by atoms with Crippen molar-refractivity contribution >= 4 is 23.5 Å². The standard InChI is InChI=1S/C61H110N4OS2/c1-4-6-8-10-12-14-20-26-32-38-48-67-50-40-34-28-22-16-18-24-30-36-42-62-44-46-64(57-62)55-59-52-60(54-61(53-59)66-3)56-65-47-45-63(58-65)43-37-31-25-19-17-23-29-35-41-51-68-49-39-33-27-21-15-13-11-9-7-5-2/h44-47,52-54,57-58H,4-43,48-51,55-56H2,1-3H3/q+2. The highest BCUT2D eigenvalue weighted by Crippen LogP contribution is 2.20. The first-order chi connectivity index (χ1) is 33.7. The molecule has 0 aliphatic rings. The van der Waals surface area contributed by atoms with Crippen molar-refractivity contribution in [2.45, 2.75) is 284 Å². The molecule has 0 N–H and O–H groups in total. The Labute approximate surface area is 430 Å². The number of benzene rings is 1. The van der Waals surface area contributed by atoms with Crippen LogP contribution in [0.25, 0.3) is 0 Å². The molecule has 0 saturated carbocycles. The van der Waals surface area contributed by atoms with Crippen LogP contribution in [0.5, 0.6) is 5.75 Å². The zero-order valence-electron chi connectivity index (χ0n) is 45.2. The third kappa shape index (κ3) is 34.5. The van der Waals surface area contributed by atoms with E-state index in [1.807, 2.05) is 0 Å². The van der Waals surface area contributed by atoms with Gasteiger partial charge < -0.3 is 4.74 Å². The molecule has 0 saturated heterocycles. The molecule has 1 aromatic carbocycles. The predicted octanol–water partition coefficient (Wildman–Crippen LogP) is 18.3. The fraction of sp³-hybridized carbons (Fsp3) is 0.803. The first-order valence-corrected chi connectivity index (χ1v) is 31.9. The van der Waals surface area contributed by atoms with Crippen molar-refractivity contribution in [2.24, 2.45) is 0 Å². The molecule has 3 rings (SSSR count). The van der Waals surface area contributed by atoms with E-state index in [-0.39, 0.29) is 0 Å². The molecule has 0 radical (unpaired) electrons. The van der Waals surface area contributed by atoms with Gasteiger partial charge in [0.1, 0.15) is 43.6 Å². The van der Waals surface area contributed by atoms with E-state index in [4.69, 9.17) is 4.74 Å². The lowest BCUT2D eigenvalue weighted by Crippen LogP contribution is -2.33. The third-order valence-electron chi connectivity index (χ3n) is 14.2. The Hall–Kier alpha value is -1.86. The van der Waals surface area contributed by atoms with Gasteiger partial charge in [-0.3, -0.25) is 0 Å². The summed E-state index contributed by atoms with van der Waals surface area (Å²) in [6.07, 6.45) is 67.5. The molecule has 0 atom stereocenters. The van der Waals surface area contributed by atoms with E-state index < -0.39 is 0 Å². The minimum Gasteiger partial charge on any atom is -0.497 e. The summed E-state index contributed by atoms with van der Waals surface area (Å²) in [6, 6.07) is 6.75. The highest BCUT2D eigenvalue weighted by molar-refractivity contribution is 7.99. The molecule has 68 heavy (non-hydrogen) atoms. The quantitative estimate of drug-likeness (QED) is 0.0417. The number of hydrogen-bond acceptors (Lipinski definition) is 3. The van der Waals surface area contributed by atoms with Crippen molar-refractivity contribution in [2.75, 3.05) is 30.1 Å². The number of thioether (sulfide) groups is 2. The Morgan fingerprint density at radius 1 is 0.368 bits per heavy atom. The van der Waals surface area contributed by atoms with Gasteiger partial charge in [0.2, 0.25) is 12.7 Å². The highest BCUT2D eigenvalue weighted by atomic mass is 32.2. The minimum atomic E-state index is 0.861. The van der Waals surface area contributed by atoms with Crippen LogP contribution in [0.4, 0.5) is 0 Å². The molecular formula is C61H110N4OS2+2. The molecular weight excluding hydrogens is 869 g/mol. The summed E-state index contributed by atoms with van der Waals surface area (Å²) in [4.78, 5) is 0. The normalized spacial score (nSPS) is 11.6. The highest BCUT2D eigenvalue weighted by Gasteiger charge is 2.11. The van der Waals surface area contributed by atoms with Crippen molar-refractivity contribution in [3.05, 3.63) is 66.8 Å². The van der Waals surface area contributed by atoms with Gasteiger partial charge in [0.05, 0.1) is 20.2 Å². The van der Waals surface area contributed by atoms with Crippen LogP contribution in [0.2, 0.25) is 0 Å². The first kappa shape index (κ1) is 60.4. The third-order valence-corrected chi connectivity index (χ3v) is 16.5. The maximum absolute atomic E-state index is 5.76. The Morgan fingerprint density at radius 3 is 0.941 bits per heavy atom. The van der Waals surface area contributed by atoms with Gasteiger partial charge in [-0.1, -0.05) is 206 Å². The minimum absolute atomic E-state index is 0.861. The maximum atomic E-state index is 5.76. The van der Waals surface area contributed by atoms with Crippen LogP contribution in [-0.4, -0.2) is 39.3 Å². The first-order valence-electron chi connectivity index (χ1n) is 29.6. The second-order valence-corrected chi connectivity index (χ2v) is 23.2. The van der Waals surface area contributed by atoms with Gasteiger partial charge in [0, 0.05) is 0 Å². The van der Waals surface area contributed by atoms with Crippen LogP contribution in [0.1, 0.15) is 269 Å². The molecule has 5 nitrogen and oxygen atoms in total. The van der Waals surface area contributed by atoms with Crippen molar-refractivity contribution < 1.29 is 13.9 Å². The monoisotopic (exact) mass is 979 g/mol. The molecule has 3 aromatic rings. The Bertz CT molecular complexity index is 1410. The van der Waals surface area contributed by atoms with Gasteiger partial charge in [-0.05, 0) is 104 Å². The zero-order valence-corrected chi connectivity index (χ0v) is 46.9. The van der Waals surface area contributed by atoms with Gasteiger partial charge in [-0.15, -0.1) is 0 Å². The summed E-state index contributed by atoms with van der Waals surface area (Å²) < 4.78 is 15.1. The van der Waals surface area contributed by atoms with E-state index in [2.05, 4.69) is 111 Å². The van der Waals surface area contributed by atoms with Gasteiger partial charge >= 0.3 is 0 Å². The fourth-order valence-electron chi connectivity index (χ4n) is 9.84. The van der Waals surface area contributed by atoms with Crippen LogP contribution in [0.15, 0.2) is 55.6 Å². The molecule has 0 aliphatic heterocycles. The van der Waals surface area contributed by atoms with Crippen molar-refractivity contribution in [3.8, 4) is 5.75 Å². The van der Waals surface area contributed by atoms with Crippen molar-refractivity contribution in [1.82, 2.24) is 9.13 Å². The number of imidazole rings is 2. The number of aromatic nitrogens is 4. The lowest BCUT2D eigenvalue weighted by molar-refractivity contribution is -0.688. The molecule has 0 unspecified atom stereocenters. The lowest BCUT2D eigenvalue weighted by atomic mass is 10.1. The topological polar surface area (TPSA) is 26.8 Å². The van der Waals surface area contributed by atoms with Crippen molar-refractivity contribution in [1.29, 1.82) is 0 Å². The van der Waals surface area contributed by atoms with Gasteiger partial charge in [0.15, 0.2) is 0 Å². The smallest absolute Gasteiger partial charge is 0.244 e. The molecule has 7 heteroatoms. The summed E-state index contributed by atoms with van der Waals surface area (Å²) in [5.74, 6) is 6.48. The molecule has 0 bridgehead atoms. The summed E-state index contributed by atoms with van der Waals surface area (Å²) in [7, 11) is 1.79. The molecule has 2 aromatic heterocycles. The number of rotatable bonds is 51. The Balaban J connectivity index is 1.12. The number of hydrogen-bond donors (Lipinski definition) is 0. The van der Waals surface area contributed by atoms with Gasteiger partial charge in [-0.25, -0.2) is 18.3 Å². The fourth-order valence-corrected chi connectivity index (χ4v) is 11.9. The average molecular weight is 980 g/mol. The summed E-state index contributed by atoms with van der Waals surface area (Å²) in [5.41, 5.74) is 2.58. The molecule has 390 valence electrons. The van der Waals surface area contributed by atoms with E-state index in [1.165, 1.54) is 278 Å². The van der Waals surface area contributed by atoms with E-state index >= 15 is 0 Å². The Morgan fingerprint density at radius 2 is 0.647 bits per heavy atom. The Kier molecular flexibility index (Phi) is 40.0. The average Bonchev–Trinajstić information content (AvgIpc) is 4.00. The summed E-state index contributed by atoms with van der Waals surface area (Å²) in [6.45, 7) is 8.56. The second kappa shape index (κ2) is 45.0. The molecule has 0 aliphatic carbocycles. The molecule has 0 fully saturated rings. The van der Waals surface area contributed by atoms with E-state index in [1.54, 1.807) is 7.11 Å². The van der Waals surface area contributed by atoms with Crippen LogP contribution < -0.4 is 13.9 Å². The van der Waals surface area contributed by atoms with Crippen LogP contribution in [-0.2, 0) is 26.2 Å². The number of methoxy groups -OCH3 is 1. The predicted molar refractivity (Wildman–Crippen MR) is 302 cm³/mol. The van der Waals surface area contributed by atoms with E-state index in [9.17, 15) is 0 Å².